The van der Waals surface area contributed by atoms with Crippen molar-refractivity contribution in [3.63, 3.8) is 0 Å². The van der Waals surface area contributed by atoms with Gasteiger partial charge in [0.15, 0.2) is 0 Å². The predicted octanol–water partition coefficient (Wildman–Crippen LogP) is 3.13. The Morgan fingerprint density at radius 1 is 1.21 bits per heavy atom. The van der Waals surface area contributed by atoms with Crippen LogP contribution in [-0.2, 0) is 7.05 Å². The first-order valence-electron chi connectivity index (χ1n) is 6.92. The number of nitrogens with zero attached hydrogens (tertiary/aromatic N) is 2. The summed E-state index contributed by atoms with van der Waals surface area (Å²) in [4.78, 5) is 0. The normalized spacial score (nSPS) is 12.6. The molecule has 0 fully saturated rings. The summed E-state index contributed by atoms with van der Waals surface area (Å²) in [6.07, 6.45) is 3.12. The molecule has 3 heteroatoms. The molecule has 1 N–H and O–H groups in total. The molecular formula is C16H23N3. The Labute approximate surface area is 115 Å². The van der Waals surface area contributed by atoms with Gasteiger partial charge in [-0.2, -0.15) is 5.10 Å². The molecular weight excluding hydrogens is 234 g/mol. The highest BCUT2D eigenvalue weighted by atomic mass is 15.3. The second kappa shape index (κ2) is 6.02. The second-order valence-electron chi connectivity index (χ2n) is 5.15. The van der Waals surface area contributed by atoms with Gasteiger partial charge in [-0.05, 0) is 49.6 Å². The van der Waals surface area contributed by atoms with E-state index in [2.05, 4.69) is 55.5 Å². The molecule has 3 nitrogen and oxygen atoms in total. The van der Waals surface area contributed by atoms with E-state index in [1.54, 1.807) is 0 Å². The summed E-state index contributed by atoms with van der Waals surface area (Å²) < 4.78 is 1.86. The Hall–Kier alpha value is -1.61. The topological polar surface area (TPSA) is 29.9 Å². The lowest BCUT2D eigenvalue weighted by molar-refractivity contribution is 0.575. The van der Waals surface area contributed by atoms with Crippen molar-refractivity contribution in [2.75, 3.05) is 6.54 Å². The minimum Gasteiger partial charge on any atom is -0.305 e. The number of rotatable bonds is 5. The third-order valence-corrected chi connectivity index (χ3v) is 3.49. The molecule has 0 saturated carbocycles. The molecule has 1 heterocycles. The van der Waals surface area contributed by atoms with E-state index in [0.717, 1.165) is 18.7 Å². The maximum atomic E-state index is 4.55. The van der Waals surface area contributed by atoms with Crippen LogP contribution in [-0.4, -0.2) is 16.3 Å². The van der Waals surface area contributed by atoms with E-state index < -0.39 is 0 Å². The number of nitrogens with one attached hydrogen (secondary N) is 1. The molecule has 0 aliphatic heterocycles. The third kappa shape index (κ3) is 3.24. The van der Waals surface area contributed by atoms with E-state index in [1.165, 1.54) is 16.7 Å². The van der Waals surface area contributed by atoms with Crippen LogP contribution < -0.4 is 5.32 Å². The zero-order valence-electron chi connectivity index (χ0n) is 12.3. The van der Waals surface area contributed by atoms with Crippen LogP contribution in [0.25, 0.3) is 0 Å². The SMILES string of the molecule is CCCNC(c1ccc(C)c(C)c1)c1ccn(C)n1. The van der Waals surface area contributed by atoms with Crippen molar-refractivity contribution in [3.05, 3.63) is 52.8 Å². The first kappa shape index (κ1) is 13.8. The number of aromatic nitrogens is 2. The van der Waals surface area contributed by atoms with Crippen LogP contribution in [0.5, 0.6) is 0 Å². The molecule has 1 unspecified atom stereocenters. The molecule has 1 aromatic heterocycles. The summed E-state index contributed by atoms with van der Waals surface area (Å²) >= 11 is 0. The molecule has 2 aromatic rings. The summed E-state index contributed by atoms with van der Waals surface area (Å²) in [5.41, 5.74) is 5.03. The van der Waals surface area contributed by atoms with Gasteiger partial charge in [0, 0.05) is 13.2 Å². The maximum absolute atomic E-state index is 4.55. The first-order chi connectivity index (χ1) is 9.11. The van der Waals surface area contributed by atoms with E-state index in [4.69, 9.17) is 0 Å². The standard InChI is InChI=1S/C16H23N3/c1-5-9-17-16(15-8-10-19(4)18-15)14-7-6-12(2)13(3)11-14/h6-8,10-11,16-17H,5,9H2,1-4H3. The molecule has 0 aliphatic rings. The Morgan fingerprint density at radius 2 is 2.00 bits per heavy atom. The van der Waals surface area contributed by atoms with Gasteiger partial charge in [0.05, 0.1) is 11.7 Å². The summed E-state index contributed by atoms with van der Waals surface area (Å²) in [5, 5.41) is 8.13. The molecule has 1 aromatic carbocycles. The zero-order chi connectivity index (χ0) is 13.8. The van der Waals surface area contributed by atoms with Gasteiger partial charge in [0.1, 0.15) is 0 Å². The molecule has 0 aliphatic carbocycles. The Bertz CT molecular complexity index is 543. The van der Waals surface area contributed by atoms with Gasteiger partial charge in [-0.1, -0.05) is 25.1 Å². The highest BCUT2D eigenvalue weighted by Gasteiger charge is 2.16. The monoisotopic (exact) mass is 257 g/mol. The summed E-state index contributed by atoms with van der Waals surface area (Å²) in [7, 11) is 1.96. The Balaban J connectivity index is 2.33. The van der Waals surface area contributed by atoms with Crippen molar-refractivity contribution in [2.24, 2.45) is 7.05 Å². The van der Waals surface area contributed by atoms with Crippen LogP contribution in [0.15, 0.2) is 30.5 Å². The molecule has 0 bridgehead atoms. The fourth-order valence-corrected chi connectivity index (χ4v) is 2.21. The molecule has 0 amide bonds. The van der Waals surface area contributed by atoms with Crippen LogP contribution >= 0.6 is 0 Å². The minimum absolute atomic E-state index is 0.181. The van der Waals surface area contributed by atoms with E-state index in [-0.39, 0.29) is 6.04 Å². The number of aryl methyl sites for hydroxylation is 3. The highest BCUT2D eigenvalue weighted by Crippen LogP contribution is 2.22. The van der Waals surface area contributed by atoms with Crippen LogP contribution in [0, 0.1) is 13.8 Å². The quantitative estimate of drug-likeness (QED) is 0.892. The van der Waals surface area contributed by atoms with E-state index in [9.17, 15) is 0 Å². The average Bonchev–Trinajstić information content (AvgIpc) is 2.80. The largest absolute Gasteiger partial charge is 0.305 e. The van der Waals surface area contributed by atoms with E-state index in [0.29, 0.717) is 0 Å². The number of hydrogen-bond acceptors (Lipinski definition) is 2. The van der Waals surface area contributed by atoms with Gasteiger partial charge in [-0.25, -0.2) is 0 Å². The summed E-state index contributed by atoms with van der Waals surface area (Å²) in [5.74, 6) is 0. The maximum Gasteiger partial charge on any atom is 0.0839 e. The summed E-state index contributed by atoms with van der Waals surface area (Å²) in [6, 6.07) is 8.92. The van der Waals surface area contributed by atoms with Gasteiger partial charge >= 0.3 is 0 Å². The van der Waals surface area contributed by atoms with Crippen LogP contribution in [0.3, 0.4) is 0 Å². The van der Waals surface area contributed by atoms with Gasteiger partial charge < -0.3 is 5.32 Å². The zero-order valence-corrected chi connectivity index (χ0v) is 12.3. The molecule has 102 valence electrons. The molecule has 0 spiro atoms. The van der Waals surface area contributed by atoms with Crippen molar-refractivity contribution in [3.8, 4) is 0 Å². The number of hydrogen-bond donors (Lipinski definition) is 1. The molecule has 0 radical (unpaired) electrons. The van der Waals surface area contributed by atoms with Crippen LogP contribution in [0.1, 0.15) is 41.8 Å². The lowest BCUT2D eigenvalue weighted by atomic mass is 9.99. The first-order valence-corrected chi connectivity index (χ1v) is 6.92. The Morgan fingerprint density at radius 3 is 2.58 bits per heavy atom. The Kier molecular flexibility index (Phi) is 4.38. The van der Waals surface area contributed by atoms with Gasteiger partial charge in [0.25, 0.3) is 0 Å². The van der Waals surface area contributed by atoms with Crippen molar-refractivity contribution >= 4 is 0 Å². The molecule has 1 atom stereocenters. The average molecular weight is 257 g/mol. The fraction of sp³-hybridized carbons (Fsp3) is 0.438. The van der Waals surface area contributed by atoms with E-state index in [1.807, 2.05) is 17.9 Å². The van der Waals surface area contributed by atoms with Gasteiger partial charge in [-0.15, -0.1) is 0 Å². The summed E-state index contributed by atoms with van der Waals surface area (Å²) in [6.45, 7) is 7.49. The van der Waals surface area contributed by atoms with Crippen LogP contribution in [0.2, 0.25) is 0 Å². The van der Waals surface area contributed by atoms with Gasteiger partial charge in [-0.3, -0.25) is 4.68 Å². The third-order valence-electron chi connectivity index (χ3n) is 3.49. The van der Waals surface area contributed by atoms with Crippen molar-refractivity contribution in [1.82, 2.24) is 15.1 Å². The predicted molar refractivity (Wildman–Crippen MR) is 79.3 cm³/mol. The number of benzene rings is 1. The van der Waals surface area contributed by atoms with Gasteiger partial charge in [0.2, 0.25) is 0 Å². The van der Waals surface area contributed by atoms with Crippen LogP contribution in [0.4, 0.5) is 0 Å². The minimum atomic E-state index is 0.181. The molecule has 0 saturated heterocycles. The lowest BCUT2D eigenvalue weighted by Gasteiger charge is -2.18. The highest BCUT2D eigenvalue weighted by molar-refractivity contribution is 5.35. The second-order valence-corrected chi connectivity index (χ2v) is 5.15. The fourth-order valence-electron chi connectivity index (χ4n) is 2.21. The van der Waals surface area contributed by atoms with E-state index >= 15 is 0 Å². The molecule has 2 rings (SSSR count). The lowest BCUT2D eigenvalue weighted by Crippen LogP contribution is -2.24. The van der Waals surface area contributed by atoms with Crippen molar-refractivity contribution < 1.29 is 0 Å². The van der Waals surface area contributed by atoms with Crippen molar-refractivity contribution in [1.29, 1.82) is 0 Å². The van der Waals surface area contributed by atoms with Crippen molar-refractivity contribution in [2.45, 2.75) is 33.2 Å². The molecule has 19 heavy (non-hydrogen) atoms. The smallest absolute Gasteiger partial charge is 0.0839 e.